The molecule has 0 saturated heterocycles. The quantitative estimate of drug-likeness (QED) is 0.581. The zero-order valence-corrected chi connectivity index (χ0v) is 15.1. The second-order valence-electron chi connectivity index (χ2n) is 5.61. The third-order valence-corrected chi connectivity index (χ3v) is 4.79. The van der Waals surface area contributed by atoms with Crippen molar-refractivity contribution in [2.24, 2.45) is 0 Å². The normalized spacial score (nSPS) is 10.8. The fraction of sp³-hybridized carbons (Fsp3) is 0.150. The van der Waals surface area contributed by atoms with Crippen molar-refractivity contribution in [3.8, 4) is 5.75 Å². The van der Waals surface area contributed by atoms with Crippen LogP contribution in [-0.2, 0) is 13.1 Å². The number of carboxylic acid groups (broad SMARTS) is 1. The lowest BCUT2D eigenvalue weighted by atomic mass is 10.2. The molecule has 3 rings (SSSR count). The highest BCUT2D eigenvalue weighted by Gasteiger charge is 2.14. The maximum atomic E-state index is 11.0. The average Bonchev–Trinajstić information content (AvgIpc) is 3.15. The summed E-state index contributed by atoms with van der Waals surface area (Å²) in [6.07, 6.45) is 1.66. The van der Waals surface area contributed by atoms with Crippen LogP contribution < -0.4 is 4.74 Å². The Morgan fingerprint density at radius 2 is 1.85 bits per heavy atom. The predicted molar refractivity (Wildman–Crippen MR) is 100 cm³/mol. The van der Waals surface area contributed by atoms with E-state index in [1.807, 2.05) is 48.5 Å². The Morgan fingerprint density at radius 1 is 1.08 bits per heavy atom. The third kappa shape index (κ3) is 4.68. The van der Waals surface area contributed by atoms with Gasteiger partial charge in [-0.05, 0) is 54.4 Å². The summed E-state index contributed by atoms with van der Waals surface area (Å²) >= 11 is 1.55. The molecule has 1 N–H and O–H groups in total. The van der Waals surface area contributed by atoms with Crippen LogP contribution in [0.15, 0.2) is 76.2 Å². The van der Waals surface area contributed by atoms with Gasteiger partial charge in [-0.25, -0.2) is 9.10 Å². The fourth-order valence-corrected chi connectivity index (χ4v) is 3.48. The highest BCUT2D eigenvalue weighted by molar-refractivity contribution is 7.97. The number of benzene rings is 2. The van der Waals surface area contributed by atoms with Crippen molar-refractivity contribution in [2.45, 2.75) is 18.0 Å². The van der Waals surface area contributed by atoms with Gasteiger partial charge in [0.2, 0.25) is 0 Å². The van der Waals surface area contributed by atoms with E-state index in [-0.39, 0.29) is 5.56 Å². The molecule has 0 aliphatic heterocycles. The molecule has 0 aliphatic rings. The second kappa shape index (κ2) is 8.60. The number of ether oxygens (including phenoxy) is 1. The number of para-hydroxylation sites is 1. The summed E-state index contributed by atoms with van der Waals surface area (Å²) in [5, 5.41) is 9.04. The maximum absolute atomic E-state index is 11.0. The van der Waals surface area contributed by atoms with Gasteiger partial charge in [0.15, 0.2) is 0 Å². The smallest absolute Gasteiger partial charge is 0.335 e. The lowest BCUT2D eigenvalue weighted by molar-refractivity contribution is 0.0697. The summed E-state index contributed by atoms with van der Waals surface area (Å²) in [6.45, 7) is 1.26. The van der Waals surface area contributed by atoms with Gasteiger partial charge in [0, 0.05) is 17.0 Å². The van der Waals surface area contributed by atoms with E-state index in [0.29, 0.717) is 13.1 Å². The maximum Gasteiger partial charge on any atom is 0.335 e. The topological polar surface area (TPSA) is 62.9 Å². The first kappa shape index (κ1) is 18.1. The molecule has 0 bridgehead atoms. The minimum atomic E-state index is -0.928. The number of hydrogen-bond acceptors (Lipinski definition) is 5. The van der Waals surface area contributed by atoms with Gasteiger partial charge in [-0.2, -0.15) is 0 Å². The van der Waals surface area contributed by atoms with Crippen molar-refractivity contribution in [3.05, 3.63) is 83.8 Å². The van der Waals surface area contributed by atoms with E-state index in [1.165, 1.54) is 0 Å². The standard InChI is InChI=1S/C20H19NO4S/c1-24-19-7-3-2-5-16(19)13-21(14-17-6-4-12-25-17)26-18-10-8-15(9-11-18)20(22)23/h2-12H,13-14H2,1H3,(H,22,23). The van der Waals surface area contributed by atoms with Gasteiger partial charge in [-0.3, -0.25) is 0 Å². The molecule has 6 heteroatoms. The number of aromatic carboxylic acids is 1. The van der Waals surface area contributed by atoms with E-state index in [0.717, 1.165) is 22.0 Å². The van der Waals surface area contributed by atoms with Crippen LogP contribution in [0.1, 0.15) is 21.7 Å². The Balaban J connectivity index is 1.79. The lowest BCUT2D eigenvalue weighted by Crippen LogP contribution is -2.15. The monoisotopic (exact) mass is 369 g/mol. The molecule has 0 aliphatic carbocycles. The molecule has 134 valence electrons. The number of carboxylic acids is 1. The van der Waals surface area contributed by atoms with Crippen LogP contribution in [-0.4, -0.2) is 22.5 Å². The molecule has 0 radical (unpaired) electrons. The average molecular weight is 369 g/mol. The molecule has 5 nitrogen and oxygen atoms in total. The summed E-state index contributed by atoms with van der Waals surface area (Å²) in [7, 11) is 1.66. The van der Waals surface area contributed by atoms with Gasteiger partial charge in [0.1, 0.15) is 11.5 Å². The van der Waals surface area contributed by atoms with Crippen molar-refractivity contribution in [1.82, 2.24) is 4.31 Å². The zero-order chi connectivity index (χ0) is 18.4. The molecule has 0 unspecified atom stereocenters. The minimum Gasteiger partial charge on any atom is -0.496 e. The molecule has 0 saturated carbocycles. The van der Waals surface area contributed by atoms with E-state index in [2.05, 4.69) is 4.31 Å². The van der Waals surface area contributed by atoms with Crippen LogP contribution in [0.2, 0.25) is 0 Å². The summed E-state index contributed by atoms with van der Waals surface area (Å²) in [6, 6.07) is 18.5. The Kier molecular flexibility index (Phi) is 5.99. The van der Waals surface area contributed by atoms with Gasteiger partial charge < -0.3 is 14.3 Å². The van der Waals surface area contributed by atoms with E-state index >= 15 is 0 Å². The van der Waals surface area contributed by atoms with Gasteiger partial charge >= 0.3 is 5.97 Å². The van der Waals surface area contributed by atoms with Crippen LogP contribution in [0.5, 0.6) is 5.75 Å². The molecule has 2 aromatic carbocycles. The molecule has 1 aromatic heterocycles. The Bertz CT molecular complexity index is 847. The van der Waals surface area contributed by atoms with Crippen LogP contribution in [0.25, 0.3) is 0 Å². The SMILES string of the molecule is COc1ccccc1CN(Cc1ccco1)Sc1ccc(C(=O)O)cc1. The molecule has 0 spiro atoms. The van der Waals surface area contributed by atoms with Crippen molar-refractivity contribution in [2.75, 3.05) is 7.11 Å². The first-order chi connectivity index (χ1) is 12.7. The highest BCUT2D eigenvalue weighted by Crippen LogP contribution is 2.29. The summed E-state index contributed by atoms with van der Waals surface area (Å²) in [4.78, 5) is 12.0. The molecule has 0 atom stereocenters. The van der Waals surface area contributed by atoms with E-state index < -0.39 is 5.97 Å². The second-order valence-corrected chi connectivity index (χ2v) is 6.78. The summed E-state index contributed by atoms with van der Waals surface area (Å²) < 4.78 is 13.1. The van der Waals surface area contributed by atoms with Gasteiger partial charge in [-0.15, -0.1) is 0 Å². The largest absolute Gasteiger partial charge is 0.496 e. The van der Waals surface area contributed by atoms with Crippen LogP contribution in [0.3, 0.4) is 0 Å². The van der Waals surface area contributed by atoms with E-state index in [9.17, 15) is 4.79 Å². The third-order valence-electron chi connectivity index (χ3n) is 3.79. The van der Waals surface area contributed by atoms with Crippen LogP contribution in [0.4, 0.5) is 0 Å². The van der Waals surface area contributed by atoms with Gasteiger partial charge in [0.05, 0.1) is 25.5 Å². The van der Waals surface area contributed by atoms with Gasteiger partial charge in [-0.1, -0.05) is 18.2 Å². The molecular weight excluding hydrogens is 350 g/mol. The first-order valence-electron chi connectivity index (χ1n) is 8.06. The molecule has 0 amide bonds. The van der Waals surface area contributed by atoms with E-state index in [4.69, 9.17) is 14.3 Å². The lowest BCUT2D eigenvalue weighted by Gasteiger charge is -2.21. The Hall–Kier alpha value is -2.70. The number of hydrogen-bond donors (Lipinski definition) is 1. The van der Waals surface area contributed by atoms with Crippen molar-refractivity contribution < 1.29 is 19.1 Å². The number of furan rings is 1. The van der Waals surface area contributed by atoms with Crippen molar-refractivity contribution >= 4 is 17.9 Å². The number of carbonyl (C=O) groups is 1. The summed E-state index contributed by atoms with van der Waals surface area (Å²) in [5.74, 6) is 0.760. The van der Waals surface area contributed by atoms with Crippen LogP contribution in [0, 0.1) is 0 Å². The van der Waals surface area contributed by atoms with Crippen molar-refractivity contribution in [1.29, 1.82) is 0 Å². The first-order valence-corrected chi connectivity index (χ1v) is 8.83. The zero-order valence-electron chi connectivity index (χ0n) is 14.3. The number of rotatable bonds is 8. The predicted octanol–water partition coefficient (Wildman–Crippen LogP) is 4.70. The Labute approximate surface area is 156 Å². The van der Waals surface area contributed by atoms with E-state index in [1.54, 1.807) is 37.5 Å². The molecular formula is C20H19NO4S. The molecule has 1 heterocycles. The van der Waals surface area contributed by atoms with Crippen LogP contribution >= 0.6 is 11.9 Å². The molecule has 26 heavy (non-hydrogen) atoms. The number of nitrogens with zero attached hydrogens (tertiary/aromatic N) is 1. The number of methoxy groups -OCH3 is 1. The Morgan fingerprint density at radius 3 is 2.50 bits per heavy atom. The highest BCUT2D eigenvalue weighted by atomic mass is 32.2. The van der Waals surface area contributed by atoms with Gasteiger partial charge in [0.25, 0.3) is 0 Å². The summed E-state index contributed by atoms with van der Waals surface area (Å²) in [5.41, 5.74) is 1.34. The molecule has 0 fully saturated rings. The molecule has 3 aromatic rings. The fourth-order valence-electron chi connectivity index (χ4n) is 2.53. The van der Waals surface area contributed by atoms with Crippen molar-refractivity contribution in [3.63, 3.8) is 0 Å². The minimum absolute atomic E-state index is 0.275.